The van der Waals surface area contributed by atoms with Crippen molar-refractivity contribution in [3.05, 3.63) is 99.4 Å². The highest BCUT2D eigenvalue weighted by atomic mass is 16.2. The Morgan fingerprint density at radius 1 is 1.03 bits per heavy atom. The van der Waals surface area contributed by atoms with Crippen molar-refractivity contribution >= 4 is 11.6 Å². The van der Waals surface area contributed by atoms with Crippen molar-refractivity contribution in [3.63, 3.8) is 0 Å². The number of aliphatic imine (C=N–C) groups is 1. The van der Waals surface area contributed by atoms with Crippen LogP contribution in [0.4, 0.5) is 0 Å². The first-order valence-corrected chi connectivity index (χ1v) is 12.7. The van der Waals surface area contributed by atoms with E-state index in [4.69, 9.17) is 4.99 Å². The number of pyridine rings is 1. The van der Waals surface area contributed by atoms with Gasteiger partial charge in [0, 0.05) is 48.7 Å². The second kappa shape index (κ2) is 9.04. The standard InChI is InChI=1S/C30H32N4O/c1-20-5-3-6-22(11-20)17-33-10-4-7-27(19-33)34-18-26-14-28-25(13-24(26)15-29(34)35)16-32-30(28)23-8-9-31-21(2)12-23/h3,5-6,8-9,11-14,27H,4,7,10,15-19H2,1-2H3/t27-/m1/s1. The van der Waals surface area contributed by atoms with Crippen LogP contribution in [0.5, 0.6) is 0 Å². The van der Waals surface area contributed by atoms with Crippen LogP contribution in [0.2, 0.25) is 0 Å². The van der Waals surface area contributed by atoms with Gasteiger partial charge in [0.25, 0.3) is 0 Å². The fraction of sp³-hybridized carbons (Fsp3) is 0.367. The number of rotatable bonds is 4. The van der Waals surface area contributed by atoms with Crippen LogP contribution in [-0.4, -0.2) is 45.5 Å². The van der Waals surface area contributed by atoms with Crippen molar-refractivity contribution in [3.8, 4) is 0 Å². The highest BCUT2D eigenvalue weighted by Crippen LogP contribution is 2.32. The SMILES string of the molecule is Cc1cccc(CN2CCC[C@@H](N3Cc4cc5c(cc4CC3=O)CN=C5c3ccnc(C)c3)C2)c1. The normalized spacial score (nSPS) is 19.9. The van der Waals surface area contributed by atoms with E-state index < -0.39 is 0 Å². The van der Waals surface area contributed by atoms with Gasteiger partial charge in [-0.15, -0.1) is 0 Å². The molecule has 3 aliphatic heterocycles. The fourth-order valence-corrected chi connectivity index (χ4v) is 5.96. The second-order valence-electron chi connectivity index (χ2n) is 10.3. The molecule has 1 saturated heterocycles. The average Bonchev–Trinajstić information content (AvgIpc) is 3.25. The average molecular weight is 465 g/mol. The second-order valence-corrected chi connectivity index (χ2v) is 10.3. The molecule has 0 bridgehead atoms. The van der Waals surface area contributed by atoms with Gasteiger partial charge in [-0.25, -0.2) is 0 Å². The fourth-order valence-electron chi connectivity index (χ4n) is 5.96. The number of hydrogen-bond donors (Lipinski definition) is 0. The van der Waals surface area contributed by atoms with E-state index in [2.05, 4.69) is 64.2 Å². The van der Waals surface area contributed by atoms with Crippen molar-refractivity contribution in [2.75, 3.05) is 13.1 Å². The van der Waals surface area contributed by atoms with Gasteiger partial charge in [0.2, 0.25) is 5.91 Å². The lowest BCUT2D eigenvalue weighted by Gasteiger charge is -2.41. The molecule has 4 heterocycles. The van der Waals surface area contributed by atoms with Gasteiger partial charge in [0.05, 0.1) is 18.7 Å². The van der Waals surface area contributed by atoms with Gasteiger partial charge in [-0.2, -0.15) is 0 Å². The molecule has 5 nitrogen and oxygen atoms in total. The van der Waals surface area contributed by atoms with Gasteiger partial charge < -0.3 is 4.90 Å². The maximum atomic E-state index is 13.3. The van der Waals surface area contributed by atoms with Crippen molar-refractivity contribution in [2.45, 2.75) is 58.8 Å². The molecule has 0 radical (unpaired) electrons. The predicted molar refractivity (Wildman–Crippen MR) is 138 cm³/mol. The first-order chi connectivity index (χ1) is 17.0. The molecular formula is C30H32N4O. The number of likely N-dealkylation sites (tertiary alicyclic amines) is 1. The topological polar surface area (TPSA) is 48.8 Å². The molecule has 0 spiro atoms. The Morgan fingerprint density at radius 2 is 1.94 bits per heavy atom. The van der Waals surface area contributed by atoms with Crippen LogP contribution in [0.25, 0.3) is 0 Å². The molecule has 6 rings (SSSR count). The molecular weight excluding hydrogens is 432 g/mol. The summed E-state index contributed by atoms with van der Waals surface area (Å²) in [6.07, 6.45) is 4.57. The number of amides is 1. The first kappa shape index (κ1) is 22.2. The van der Waals surface area contributed by atoms with Crippen molar-refractivity contribution in [1.82, 2.24) is 14.8 Å². The summed E-state index contributed by atoms with van der Waals surface area (Å²) in [5, 5.41) is 0. The van der Waals surface area contributed by atoms with E-state index in [0.29, 0.717) is 19.5 Å². The van der Waals surface area contributed by atoms with E-state index in [1.165, 1.54) is 33.4 Å². The summed E-state index contributed by atoms with van der Waals surface area (Å²) in [7, 11) is 0. The van der Waals surface area contributed by atoms with E-state index in [1.54, 1.807) is 0 Å². The number of nitrogens with zero attached hydrogens (tertiary/aromatic N) is 4. The Kier molecular flexibility index (Phi) is 5.73. The third-order valence-electron chi connectivity index (χ3n) is 7.67. The van der Waals surface area contributed by atoms with E-state index >= 15 is 0 Å². The number of carbonyl (C=O) groups excluding carboxylic acids is 1. The Morgan fingerprint density at radius 3 is 2.80 bits per heavy atom. The lowest BCUT2D eigenvalue weighted by Crippen LogP contribution is -2.51. The van der Waals surface area contributed by atoms with Crippen molar-refractivity contribution in [2.24, 2.45) is 4.99 Å². The minimum atomic E-state index is 0.267. The molecule has 0 N–H and O–H groups in total. The zero-order chi connectivity index (χ0) is 23.9. The lowest BCUT2D eigenvalue weighted by molar-refractivity contribution is -0.135. The monoisotopic (exact) mass is 464 g/mol. The minimum absolute atomic E-state index is 0.267. The molecule has 1 aromatic heterocycles. The molecule has 2 aromatic carbocycles. The molecule has 5 heteroatoms. The summed E-state index contributed by atoms with van der Waals surface area (Å²) in [5.41, 5.74) is 10.7. The number of carbonyl (C=O) groups is 1. The smallest absolute Gasteiger partial charge is 0.227 e. The summed E-state index contributed by atoms with van der Waals surface area (Å²) in [6.45, 7) is 8.55. The summed E-state index contributed by atoms with van der Waals surface area (Å²) in [4.78, 5) is 27.1. The number of aromatic nitrogens is 1. The Balaban J connectivity index is 1.22. The molecule has 178 valence electrons. The van der Waals surface area contributed by atoms with Gasteiger partial charge >= 0.3 is 0 Å². The molecule has 1 fully saturated rings. The summed E-state index contributed by atoms with van der Waals surface area (Å²) in [5.74, 6) is 0.267. The number of benzene rings is 2. The predicted octanol–water partition coefficient (Wildman–Crippen LogP) is 4.60. The largest absolute Gasteiger partial charge is 0.334 e. The Hall–Kier alpha value is -3.31. The molecule has 0 saturated carbocycles. The van der Waals surface area contributed by atoms with Gasteiger partial charge in [-0.3, -0.25) is 19.7 Å². The number of fused-ring (bicyclic) bond motifs is 2. The van der Waals surface area contributed by atoms with Crippen LogP contribution in [-0.2, 0) is 30.8 Å². The van der Waals surface area contributed by atoms with Crippen LogP contribution in [0.3, 0.4) is 0 Å². The minimum Gasteiger partial charge on any atom is -0.334 e. The van der Waals surface area contributed by atoms with Crippen LogP contribution in [0.15, 0.2) is 59.7 Å². The third kappa shape index (κ3) is 4.41. The maximum absolute atomic E-state index is 13.3. The Bertz CT molecular complexity index is 1330. The Labute approximate surface area is 207 Å². The lowest BCUT2D eigenvalue weighted by atomic mass is 9.90. The zero-order valence-electron chi connectivity index (χ0n) is 20.6. The first-order valence-electron chi connectivity index (χ1n) is 12.7. The van der Waals surface area contributed by atoms with Gasteiger partial charge in [0.1, 0.15) is 0 Å². The van der Waals surface area contributed by atoms with Gasteiger partial charge in [0.15, 0.2) is 0 Å². The molecule has 0 aliphatic carbocycles. The molecule has 3 aliphatic rings. The van der Waals surface area contributed by atoms with Crippen molar-refractivity contribution in [1.29, 1.82) is 0 Å². The quantitative estimate of drug-likeness (QED) is 0.567. The van der Waals surface area contributed by atoms with E-state index in [0.717, 1.165) is 49.4 Å². The highest BCUT2D eigenvalue weighted by molar-refractivity contribution is 6.15. The van der Waals surface area contributed by atoms with Crippen LogP contribution in [0.1, 0.15) is 57.5 Å². The molecule has 1 atom stereocenters. The highest BCUT2D eigenvalue weighted by Gasteiger charge is 2.33. The summed E-state index contributed by atoms with van der Waals surface area (Å²) in [6, 6.07) is 17.7. The molecule has 1 amide bonds. The van der Waals surface area contributed by atoms with Crippen LogP contribution in [0, 0.1) is 13.8 Å². The van der Waals surface area contributed by atoms with Crippen LogP contribution >= 0.6 is 0 Å². The third-order valence-corrected chi connectivity index (χ3v) is 7.67. The van der Waals surface area contributed by atoms with Gasteiger partial charge in [-0.05, 0) is 73.7 Å². The summed E-state index contributed by atoms with van der Waals surface area (Å²) >= 11 is 0. The molecule has 0 unspecified atom stereocenters. The molecule has 35 heavy (non-hydrogen) atoms. The zero-order valence-corrected chi connectivity index (χ0v) is 20.6. The van der Waals surface area contributed by atoms with E-state index in [1.807, 2.05) is 19.2 Å². The van der Waals surface area contributed by atoms with Crippen LogP contribution < -0.4 is 0 Å². The van der Waals surface area contributed by atoms with Crippen molar-refractivity contribution < 1.29 is 4.79 Å². The van der Waals surface area contributed by atoms with Gasteiger partial charge in [-0.1, -0.05) is 35.9 Å². The van der Waals surface area contributed by atoms with E-state index in [-0.39, 0.29) is 11.9 Å². The number of hydrogen-bond acceptors (Lipinski definition) is 4. The maximum Gasteiger partial charge on any atom is 0.227 e. The number of aryl methyl sites for hydroxylation is 2. The number of piperidine rings is 1. The van der Waals surface area contributed by atoms with E-state index in [9.17, 15) is 4.79 Å². The molecule has 3 aromatic rings. The summed E-state index contributed by atoms with van der Waals surface area (Å²) < 4.78 is 0.